The molecule has 0 fully saturated rings. The van der Waals surface area contributed by atoms with E-state index in [1.807, 2.05) is 47.4 Å². The minimum atomic E-state index is -0.0434. The highest BCUT2D eigenvalue weighted by Crippen LogP contribution is 2.24. The van der Waals surface area contributed by atoms with E-state index < -0.39 is 0 Å². The number of aromatic nitrogens is 2. The Balaban J connectivity index is 1.53. The summed E-state index contributed by atoms with van der Waals surface area (Å²) in [5.74, 6) is 1.39. The molecule has 5 heteroatoms. The molecule has 0 aliphatic carbocycles. The highest BCUT2D eigenvalue weighted by molar-refractivity contribution is 5.94. The fourth-order valence-electron chi connectivity index (χ4n) is 3.19. The maximum absolute atomic E-state index is 12.8. The summed E-state index contributed by atoms with van der Waals surface area (Å²) in [5.41, 5.74) is 3.85. The number of hydrogen-bond acceptors (Lipinski definition) is 4. The molecule has 0 saturated carbocycles. The average molecular weight is 345 g/mol. The minimum absolute atomic E-state index is 0.0434. The van der Waals surface area contributed by atoms with Crippen molar-refractivity contribution >= 4 is 5.91 Å². The van der Waals surface area contributed by atoms with E-state index in [0.29, 0.717) is 24.5 Å². The fraction of sp³-hybridized carbons (Fsp3) is 0.190. The summed E-state index contributed by atoms with van der Waals surface area (Å²) in [5, 5.41) is 0. The predicted octanol–water partition coefficient (Wildman–Crippen LogP) is 3.35. The van der Waals surface area contributed by atoms with E-state index in [4.69, 9.17) is 4.74 Å². The van der Waals surface area contributed by atoms with Crippen molar-refractivity contribution in [1.29, 1.82) is 0 Å². The Morgan fingerprint density at radius 2 is 1.81 bits per heavy atom. The first-order chi connectivity index (χ1) is 12.7. The normalized spacial score (nSPS) is 13.2. The van der Waals surface area contributed by atoms with Gasteiger partial charge in [0.25, 0.3) is 5.91 Å². The fourth-order valence-corrected chi connectivity index (χ4v) is 3.19. The number of carbonyl (C=O) groups is 1. The Morgan fingerprint density at radius 1 is 1.04 bits per heavy atom. The van der Waals surface area contributed by atoms with Gasteiger partial charge < -0.3 is 9.64 Å². The van der Waals surface area contributed by atoms with Gasteiger partial charge >= 0.3 is 0 Å². The second-order valence-electron chi connectivity index (χ2n) is 6.27. The molecule has 2 aromatic carbocycles. The van der Waals surface area contributed by atoms with Crippen LogP contribution in [-0.2, 0) is 13.0 Å². The molecule has 0 unspecified atom stereocenters. The third kappa shape index (κ3) is 3.16. The molecule has 1 aliphatic heterocycles. The van der Waals surface area contributed by atoms with Crippen LogP contribution in [0.25, 0.3) is 11.4 Å². The van der Waals surface area contributed by atoms with Gasteiger partial charge in [0.15, 0.2) is 5.82 Å². The summed E-state index contributed by atoms with van der Waals surface area (Å²) < 4.78 is 5.29. The van der Waals surface area contributed by atoms with Crippen molar-refractivity contribution in [2.45, 2.75) is 13.0 Å². The van der Waals surface area contributed by atoms with Gasteiger partial charge in [-0.3, -0.25) is 4.79 Å². The molecule has 0 bridgehead atoms. The lowest BCUT2D eigenvalue weighted by molar-refractivity contribution is 0.0733. The van der Waals surface area contributed by atoms with Crippen LogP contribution >= 0.6 is 0 Å². The molecule has 0 atom stereocenters. The molecule has 4 rings (SSSR count). The number of fused-ring (bicyclic) bond motifs is 1. The first kappa shape index (κ1) is 16.3. The maximum Gasteiger partial charge on any atom is 0.257 e. The van der Waals surface area contributed by atoms with Crippen LogP contribution in [-0.4, -0.2) is 34.4 Å². The molecule has 0 N–H and O–H groups in total. The average Bonchev–Trinajstić information content (AvgIpc) is 2.73. The zero-order chi connectivity index (χ0) is 17.9. The van der Waals surface area contributed by atoms with Gasteiger partial charge in [0, 0.05) is 31.0 Å². The third-order valence-electron chi connectivity index (χ3n) is 4.64. The van der Waals surface area contributed by atoms with E-state index in [0.717, 1.165) is 23.3 Å². The van der Waals surface area contributed by atoms with Crippen LogP contribution < -0.4 is 4.74 Å². The molecule has 130 valence electrons. The lowest BCUT2D eigenvalue weighted by atomic mass is 9.99. The highest BCUT2D eigenvalue weighted by atomic mass is 16.5. The number of methoxy groups -OCH3 is 1. The second kappa shape index (κ2) is 6.96. The molecule has 1 aromatic heterocycles. The van der Waals surface area contributed by atoms with Gasteiger partial charge in [-0.2, -0.15) is 0 Å². The summed E-state index contributed by atoms with van der Waals surface area (Å²) in [7, 11) is 1.65. The molecular formula is C21H19N3O2. The SMILES string of the molecule is COc1ccc2c(c1)CN(C(=O)c1cnc(-c3ccccc3)nc1)CC2. The molecule has 5 nitrogen and oxygen atoms in total. The number of amides is 1. The van der Waals surface area contributed by atoms with Crippen LogP contribution in [0.4, 0.5) is 0 Å². The van der Waals surface area contributed by atoms with Crippen molar-refractivity contribution in [2.75, 3.05) is 13.7 Å². The van der Waals surface area contributed by atoms with Gasteiger partial charge in [-0.25, -0.2) is 9.97 Å². The van der Waals surface area contributed by atoms with E-state index in [1.165, 1.54) is 5.56 Å². The van der Waals surface area contributed by atoms with Gasteiger partial charge in [-0.05, 0) is 29.7 Å². The van der Waals surface area contributed by atoms with Gasteiger partial charge in [0.1, 0.15) is 5.75 Å². The quantitative estimate of drug-likeness (QED) is 0.730. The molecular weight excluding hydrogens is 326 g/mol. The number of nitrogens with zero attached hydrogens (tertiary/aromatic N) is 3. The van der Waals surface area contributed by atoms with Crippen LogP contribution in [0.2, 0.25) is 0 Å². The lowest BCUT2D eigenvalue weighted by Gasteiger charge is -2.29. The summed E-state index contributed by atoms with van der Waals surface area (Å²) in [6.07, 6.45) is 4.06. The molecule has 0 saturated heterocycles. The van der Waals surface area contributed by atoms with Crippen LogP contribution in [0.3, 0.4) is 0 Å². The Kier molecular flexibility index (Phi) is 4.35. The molecule has 26 heavy (non-hydrogen) atoms. The van der Waals surface area contributed by atoms with Crippen molar-refractivity contribution in [3.63, 3.8) is 0 Å². The Morgan fingerprint density at radius 3 is 2.54 bits per heavy atom. The van der Waals surface area contributed by atoms with Crippen molar-refractivity contribution in [2.24, 2.45) is 0 Å². The Bertz CT molecular complexity index is 924. The Labute approximate surface area is 152 Å². The smallest absolute Gasteiger partial charge is 0.257 e. The van der Waals surface area contributed by atoms with E-state index >= 15 is 0 Å². The van der Waals surface area contributed by atoms with Gasteiger partial charge in [-0.1, -0.05) is 36.4 Å². The predicted molar refractivity (Wildman–Crippen MR) is 98.9 cm³/mol. The summed E-state index contributed by atoms with van der Waals surface area (Å²) in [6, 6.07) is 15.8. The highest BCUT2D eigenvalue weighted by Gasteiger charge is 2.22. The van der Waals surface area contributed by atoms with E-state index in [9.17, 15) is 4.79 Å². The van der Waals surface area contributed by atoms with Crippen molar-refractivity contribution < 1.29 is 9.53 Å². The first-order valence-corrected chi connectivity index (χ1v) is 8.57. The second-order valence-corrected chi connectivity index (χ2v) is 6.27. The number of benzene rings is 2. The third-order valence-corrected chi connectivity index (χ3v) is 4.64. The molecule has 0 spiro atoms. The van der Waals surface area contributed by atoms with Gasteiger partial charge in [-0.15, -0.1) is 0 Å². The standard InChI is InChI=1S/C21H19N3O2/c1-26-19-8-7-15-9-10-24(14-17(15)11-19)21(25)18-12-22-20(23-13-18)16-5-3-2-4-6-16/h2-8,11-13H,9-10,14H2,1H3. The Hall–Kier alpha value is -3.21. The number of ether oxygens (including phenoxy) is 1. The van der Waals surface area contributed by atoms with Crippen LogP contribution in [0.5, 0.6) is 5.75 Å². The van der Waals surface area contributed by atoms with Crippen molar-refractivity contribution in [1.82, 2.24) is 14.9 Å². The monoisotopic (exact) mass is 345 g/mol. The van der Waals surface area contributed by atoms with Gasteiger partial charge in [0.2, 0.25) is 0 Å². The summed E-state index contributed by atoms with van der Waals surface area (Å²) in [6.45, 7) is 1.27. The van der Waals surface area contributed by atoms with Gasteiger partial charge in [0.05, 0.1) is 12.7 Å². The largest absolute Gasteiger partial charge is 0.497 e. The van der Waals surface area contributed by atoms with E-state index in [1.54, 1.807) is 19.5 Å². The van der Waals surface area contributed by atoms with Crippen LogP contribution in [0.15, 0.2) is 60.9 Å². The summed E-state index contributed by atoms with van der Waals surface area (Å²) in [4.78, 5) is 23.4. The van der Waals surface area contributed by atoms with E-state index in [-0.39, 0.29) is 5.91 Å². The molecule has 1 aliphatic rings. The van der Waals surface area contributed by atoms with Crippen LogP contribution in [0, 0.1) is 0 Å². The molecule has 3 aromatic rings. The van der Waals surface area contributed by atoms with E-state index in [2.05, 4.69) is 16.0 Å². The maximum atomic E-state index is 12.8. The van der Waals surface area contributed by atoms with Crippen molar-refractivity contribution in [3.8, 4) is 17.1 Å². The molecule has 2 heterocycles. The van der Waals surface area contributed by atoms with Crippen LogP contribution in [0.1, 0.15) is 21.5 Å². The zero-order valence-electron chi connectivity index (χ0n) is 14.6. The lowest BCUT2D eigenvalue weighted by Crippen LogP contribution is -2.36. The van der Waals surface area contributed by atoms with Crippen molar-refractivity contribution in [3.05, 3.63) is 77.6 Å². The first-order valence-electron chi connectivity index (χ1n) is 8.57. The minimum Gasteiger partial charge on any atom is -0.497 e. The number of rotatable bonds is 3. The summed E-state index contributed by atoms with van der Waals surface area (Å²) >= 11 is 0. The topological polar surface area (TPSA) is 55.3 Å². The number of hydrogen-bond donors (Lipinski definition) is 0. The molecule has 0 radical (unpaired) electrons. The zero-order valence-corrected chi connectivity index (χ0v) is 14.6. The number of carbonyl (C=O) groups excluding carboxylic acids is 1. The molecule has 1 amide bonds.